The van der Waals surface area contributed by atoms with E-state index in [0.29, 0.717) is 5.95 Å². The van der Waals surface area contributed by atoms with E-state index in [9.17, 15) is 4.79 Å². The Balaban J connectivity index is 1.71. The molecule has 1 aliphatic heterocycles. The lowest BCUT2D eigenvalue weighted by atomic mass is 10.2. The zero-order valence-electron chi connectivity index (χ0n) is 11.5. The maximum Gasteiger partial charge on any atom is 0.252 e. The summed E-state index contributed by atoms with van der Waals surface area (Å²) in [7, 11) is 0. The van der Waals surface area contributed by atoms with E-state index >= 15 is 0 Å². The van der Waals surface area contributed by atoms with Crippen molar-refractivity contribution < 1.29 is 0 Å². The molecule has 0 radical (unpaired) electrons. The van der Waals surface area contributed by atoms with Gasteiger partial charge in [-0.15, -0.1) is 0 Å². The molecule has 0 bridgehead atoms. The van der Waals surface area contributed by atoms with Crippen molar-refractivity contribution in [2.45, 2.75) is 6.92 Å². The van der Waals surface area contributed by atoms with E-state index in [1.54, 1.807) is 0 Å². The van der Waals surface area contributed by atoms with E-state index < -0.39 is 0 Å². The summed E-state index contributed by atoms with van der Waals surface area (Å²) >= 11 is 0. The Bertz CT molecular complexity index is 630. The second-order valence-corrected chi connectivity index (χ2v) is 5.02. The molecule has 0 atom stereocenters. The van der Waals surface area contributed by atoms with E-state index in [-0.39, 0.29) is 5.56 Å². The minimum absolute atomic E-state index is 0.0852. The molecule has 1 aromatic carbocycles. The Hall–Kier alpha value is -2.30. The summed E-state index contributed by atoms with van der Waals surface area (Å²) in [4.78, 5) is 23.2. The zero-order valence-corrected chi connectivity index (χ0v) is 11.5. The van der Waals surface area contributed by atoms with Gasteiger partial charge in [0.15, 0.2) is 0 Å². The monoisotopic (exact) mass is 270 g/mol. The minimum atomic E-state index is -0.0852. The highest BCUT2D eigenvalue weighted by Gasteiger charge is 2.18. The first kappa shape index (κ1) is 12.7. The number of aromatic amines is 1. The standard InChI is InChI=1S/C15H18N4O/c1-12-11-14(20)17-15(16-12)19-9-7-18(8-10-19)13-5-3-2-4-6-13/h2-6,11H,7-10H2,1H3,(H,16,17,20). The SMILES string of the molecule is Cc1cc(=O)[nH]c(N2CCN(c3ccccc3)CC2)n1. The molecule has 5 heteroatoms. The molecular weight excluding hydrogens is 252 g/mol. The van der Waals surface area contributed by atoms with Gasteiger partial charge in [0.2, 0.25) is 5.95 Å². The van der Waals surface area contributed by atoms with Crippen LogP contribution in [0.1, 0.15) is 5.69 Å². The summed E-state index contributed by atoms with van der Waals surface area (Å²) < 4.78 is 0. The second kappa shape index (κ2) is 5.36. The number of rotatable bonds is 2. The number of nitrogens with zero attached hydrogens (tertiary/aromatic N) is 3. The smallest absolute Gasteiger partial charge is 0.252 e. The van der Waals surface area contributed by atoms with Crippen LogP contribution in [-0.4, -0.2) is 36.1 Å². The van der Waals surface area contributed by atoms with Gasteiger partial charge in [-0.2, -0.15) is 0 Å². The van der Waals surface area contributed by atoms with Crippen LogP contribution >= 0.6 is 0 Å². The molecule has 1 aromatic heterocycles. The van der Waals surface area contributed by atoms with Gasteiger partial charge in [-0.1, -0.05) is 18.2 Å². The highest BCUT2D eigenvalue weighted by molar-refractivity contribution is 5.48. The molecule has 0 spiro atoms. The van der Waals surface area contributed by atoms with Crippen LogP contribution in [0.4, 0.5) is 11.6 Å². The van der Waals surface area contributed by atoms with E-state index in [0.717, 1.165) is 31.9 Å². The van der Waals surface area contributed by atoms with Crippen LogP contribution in [0.5, 0.6) is 0 Å². The van der Waals surface area contributed by atoms with Crippen LogP contribution in [0, 0.1) is 6.92 Å². The van der Waals surface area contributed by atoms with E-state index in [1.807, 2.05) is 13.0 Å². The number of piperazine rings is 1. The van der Waals surface area contributed by atoms with Crippen molar-refractivity contribution in [1.29, 1.82) is 0 Å². The Labute approximate surface area is 117 Å². The largest absolute Gasteiger partial charge is 0.368 e. The van der Waals surface area contributed by atoms with Crippen LogP contribution in [0.2, 0.25) is 0 Å². The lowest BCUT2D eigenvalue weighted by Gasteiger charge is -2.36. The maximum absolute atomic E-state index is 11.5. The second-order valence-electron chi connectivity index (χ2n) is 5.02. The number of para-hydroxylation sites is 1. The fourth-order valence-corrected chi connectivity index (χ4v) is 2.53. The topological polar surface area (TPSA) is 52.2 Å². The number of H-pyrrole nitrogens is 1. The lowest BCUT2D eigenvalue weighted by Crippen LogP contribution is -2.47. The van der Waals surface area contributed by atoms with Gasteiger partial charge in [-0.05, 0) is 19.1 Å². The molecule has 1 fully saturated rings. The van der Waals surface area contributed by atoms with Gasteiger partial charge in [-0.3, -0.25) is 9.78 Å². The molecule has 0 saturated carbocycles. The number of benzene rings is 1. The van der Waals surface area contributed by atoms with Crippen LogP contribution in [0.15, 0.2) is 41.2 Å². The van der Waals surface area contributed by atoms with Crippen molar-refractivity contribution in [3.63, 3.8) is 0 Å². The Morgan fingerprint density at radius 1 is 1.05 bits per heavy atom. The molecule has 3 rings (SSSR count). The first-order valence-electron chi connectivity index (χ1n) is 6.85. The first-order valence-corrected chi connectivity index (χ1v) is 6.85. The fourth-order valence-electron chi connectivity index (χ4n) is 2.53. The molecule has 2 heterocycles. The summed E-state index contributed by atoms with van der Waals surface area (Å²) in [6.45, 7) is 5.44. The van der Waals surface area contributed by atoms with Crippen molar-refractivity contribution >= 4 is 11.6 Å². The third-order valence-corrected chi connectivity index (χ3v) is 3.56. The van der Waals surface area contributed by atoms with Gasteiger partial charge in [0.1, 0.15) is 0 Å². The van der Waals surface area contributed by atoms with E-state index in [1.165, 1.54) is 11.8 Å². The normalized spacial score (nSPS) is 15.4. The number of aromatic nitrogens is 2. The summed E-state index contributed by atoms with van der Waals surface area (Å²) in [6, 6.07) is 11.9. The van der Waals surface area contributed by atoms with Crippen LogP contribution in [-0.2, 0) is 0 Å². The van der Waals surface area contributed by atoms with Crippen molar-refractivity contribution in [3.05, 3.63) is 52.4 Å². The lowest BCUT2D eigenvalue weighted by molar-refractivity contribution is 0.638. The van der Waals surface area contributed by atoms with Gasteiger partial charge in [0, 0.05) is 43.6 Å². The number of hydrogen-bond acceptors (Lipinski definition) is 4. The van der Waals surface area contributed by atoms with Gasteiger partial charge < -0.3 is 9.80 Å². The third kappa shape index (κ3) is 2.66. The van der Waals surface area contributed by atoms with Crippen LogP contribution in [0.25, 0.3) is 0 Å². The number of anilines is 2. The van der Waals surface area contributed by atoms with Crippen molar-refractivity contribution in [3.8, 4) is 0 Å². The summed E-state index contributed by atoms with van der Waals surface area (Å²) in [5.74, 6) is 0.683. The Kier molecular flexibility index (Phi) is 3.41. The summed E-state index contributed by atoms with van der Waals surface area (Å²) in [6.07, 6.45) is 0. The molecule has 5 nitrogen and oxygen atoms in total. The quantitative estimate of drug-likeness (QED) is 0.896. The maximum atomic E-state index is 11.5. The Morgan fingerprint density at radius 3 is 2.35 bits per heavy atom. The highest BCUT2D eigenvalue weighted by Crippen LogP contribution is 2.17. The van der Waals surface area contributed by atoms with E-state index in [4.69, 9.17) is 0 Å². The summed E-state index contributed by atoms with van der Waals surface area (Å²) in [5.41, 5.74) is 1.92. The first-order chi connectivity index (χ1) is 9.72. The number of aryl methyl sites for hydroxylation is 1. The van der Waals surface area contributed by atoms with Crippen LogP contribution in [0.3, 0.4) is 0 Å². The molecular formula is C15H18N4O. The van der Waals surface area contributed by atoms with Crippen molar-refractivity contribution in [2.24, 2.45) is 0 Å². The molecule has 1 saturated heterocycles. The molecule has 0 unspecified atom stereocenters. The molecule has 2 aromatic rings. The molecule has 0 aliphatic carbocycles. The highest BCUT2D eigenvalue weighted by atomic mass is 16.1. The Morgan fingerprint density at radius 2 is 1.70 bits per heavy atom. The molecule has 20 heavy (non-hydrogen) atoms. The van der Waals surface area contributed by atoms with Gasteiger partial charge in [0.25, 0.3) is 5.56 Å². The average Bonchev–Trinajstić information content (AvgIpc) is 2.47. The van der Waals surface area contributed by atoms with E-state index in [2.05, 4.69) is 44.0 Å². The fraction of sp³-hybridized carbons (Fsp3) is 0.333. The van der Waals surface area contributed by atoms with Gasteiger partial charge >= 0.3 is 0 Å². The predicted octanol–water partition coefficient (Wildman–Crippen LogP) is 1.40. The zero-order chi connectivity index (χ0) is 13.9. The average molecular weight is 270 g/mol. The van der Waals surface area contributed by atoms with Crippen molar-refractivity contribution in [2.75, 3.05) is 36.0 Å². The molecule has 1 N–H and O–H groups in total. The van der Waals surface area contributed by atoms with Gasteiger partial charge in [-0.25, -0.2) is 4.98 Å². The van der Waals surface area contributed by atoms with Crippen LogP contribution < -0.4 is 15.4 Å². The van der Waals surface area contributed by atoms with Crippen molar-refractivity contribution in [1.82, 2.24) is 9.97 Å². The summed E-state index contributed by atoms with van der Waals surface area (Å²) in [5, 5.41) is 0. The molecule has 0 amide bonds. The number of nitrogens with one attached hydrogen (secondary N) is 1. The predicted molar refractivity (Wildman–Crippen MR) is 80.5 cm³/mol. The molecule has 104 valence electrons. The molecule has 1 aliphatic rings. The minimum Gasteiger partial charge on any atom is -0.368 e. The van der Waals surface area contributed by atoms with Gasteiger partial charge in [0.05, 0.1) is 0 Å². The number of hydrogen-bond donors (Lipinski definition) is 1. The third-order valence-electron chi connectivity index (χ3n) is 3.56.